The second-order valence-corrected chi connectivity index (χ2v) is 6.07. The predicted molar refractivity (Wildman–Crippen MR) is 78.1 cm³/mol. The first-order valence-corrected chi connectivity index (χ1v) is 7.55. The van der Waals surface area contributed by atoms with Crippen LogP contribution in [0.5, 0.6) is 0 Å². The molecule has 0 saturated carbocycles. The molecule has 1 atom stereocenters. The van der Waals surface area contributed by atoms with Crippen molar-refractivity contribution < 1.29 is 0 Å². The number of nitriles is 1. The molecule has 2 aromatic rings. The van der Waals surface area contributed by atoms with Gasteiger partial charge in [-0.05, 0) is 49.6 Å². The molecule has 0 aliphatic carbocycles. The van der Waals surface area contributed by atoms with Crippen LogP contribution < -0.4 is 5.73 Å². The third-order valence-corrected chi connectivity index (χ3v) is 4.89. The summed E-state index contributed by atoms with van der Waals surface area (Å²) >= 11 is 3.06. The van der Waals surface area contributed by atoms with Gasteiger partial charge >= 0.3 is 0 Å². The summed E-state index contributed by atoms with van der Waals surface area (Å²) in [5.74, 6) is 0. The lowest BCUT2D eigenvalue weighted by molar-refractivity contribution is 0.822. The van der Waals surface area contributed by atoms with Gasteiger partial charge in [0.25, 0.3) is 0 Å². The molecule has 0 bridgehead atoms. The van der Waals surface area contributed by atoms with Gasteiger partial charge in [-0.3, -0.25) is 0 Å². The summed E-state index contributed by atoms with van der Waals surface area (Å²) in [5, 5.41) is 10.1. The summed E-state index contributed by atoms with van der Waals surface area (Å²) < 4.78 is 4.13. The van der Waals surface area contributed by atoms with Gasteiger partial charge in [-0.1, -0.05) is 11.8 Å². The zero-order chi connectivity index (χ0) is 13.7. The molecule has 0 radical (unpaired) electrons. The Morgan fingerprint density at radius 2 is 2.32 bits per heavy atom. The Labute approximate surface area is 120 Å². The number of nitrogens with zero attached hydrogens (tertiary/aromatic N) is 3. The predicted octanol–water partition coefficient (Wildman–Crippen LogP) is 2.90. The Balaban J connectivity index is 2.27. The Morgan fingerprint density at radius 1 is 1.47 bits per heavy atom. The smallest absolute Gasteiger partial charge is 0.115 e. The van der Waals surface area contributed by atoms with Crippen LogP contribution in [0.3, 0.4) is 0 Å². The summed E-state index contributed by atoms with van der Waals surface area (Å²) in [5.41, 5.74) is 7.20. The average molecular weight is 290 g/mol. The van der Waals surface area contributed by atoms with E-state index in [9.17, 15) is 0 Å². The Hall–Kier alpha value is -1.42. The van der Waals surface area contributed by atoms with Crippen LogP contribution in [-0.4, -0.2) is 15.9 Å². The van der Waals surface area contributed by atoms with Gasteiger partial charge in [0.2, 0.25) is 0 Å². The maximum absolute atomic E-state index is 9.14. The van der Waals surface area contributed by atoms with E-state index in [0.717, 1.165) is 17.1 Å². The molecule has 2 N–H and O–H groups in total. The lowest BCUT2D eigenvalue weighted by Gasteiger charge is -2.14. The molecule has 2 heterocycles. The van der Waals surface area contributed by atoms with Crippen LogP contribution in [-0.2, 0) is 0 Å². The molecular weight excluding hydrogens is 276 g/mol. The first-order chi connectivity index (χ1) is 9.24. The summed E-state index contributed by atoms with van der Waals surface area (Å²) in [6.07, 6.45) is 2.63. The van der Waals surface area contributed by atoms with Gasteiger partial charge in [0, 0.05) is 22.0 Å². The van der Waals surface area contributed by atoms with Gasteiger partial charge in [0.1, 0.15) is 11.1 Å². The van der Waals surface area contributed by atoms with E-state index < -0.39 is 0 Å². The molecule has 6 heteroatoms. The van der Waals surface area contributed by atoms with Gasteiger partial charge in [0.05, 0.1) is 5.56 Å². The summed E-state index contributed by atoms with van der Waals surface area (Å²) in [6.45, 7) is 2.53. The van der Waals surface area contributed by atoms with E-state index in [0.29, 0.717) is 12.1 Å². The standard InChI is InChI=1S/C13H14N4S2/c1-9-2-3-10(8-15)13(17-9)18-11(4-6-14)12-5-7-16-19-12/h2-3,5,7,11H,4,6,14H2,1H3. The minimum Gasteiger partial charge on any atom is -0.330 e. The van der Waals surface area contributed by atoms with Gasteiger partial charge in [-0.25, -0.2) is 9.36 Å². The lowest BCUT2D eigenvalue weighted by Crippen LogP contribution is -2.04. The number of rotatable bonds is 5. The van der Waals surface area contributed by atoms with Crippen molar-refractivity contribution in [2.45, 2.75) is 23.6 Å². The van der Waals surface area contributed by atoms with Crippen molar-refractivity contribution in [3.63, 3.8) is 0 Å². The van der Waals surface area contributed by atoms with E-state index >= 15 is 0 Å². The third-order valence-electron chi connectivity index (χ3n) is 2.58. The topological polar surface area (TPSA) is 75.6 Å². The molecule has 0 aliphatic heterocycles. The largest absolute Gasteiger partial charge is 0.330 e. The van der Waals surface area contributed by atoms with Crippen LogP contribution in [0.1, 0.15) is 27.8 Å². The molecular formula is C13H14N4S2. The molecule has 19 heavy (non-hydrogen) atoms. The fraction of sp³-hybridized carbons (Fsp3) is 0.308. The molecule has 0 saturated heterocycles. The maximum Gasteiger partial charge on any atom is 0.115 e. The van der Waals surface area contributed by atoms with Crippen LogP contribution in [0.25, 0.3) is 0 Å². The highest BCUT2D eigenvalue weighted by molar-refractivity contribution is 7.99. The number of nitrogens with two attached hydrogens (primary N) is 1. The molecule has 1 unspecified atom stereocenters. The fourth-order valence-electron chi connectivity index (χ4n) is 1.64. The van der Waals surface area contributed by atoms with Crippen molar-refractivity contribution in [3.05, 3.63) is 40.5 Å². The van der Waals surface area contributed by atoms with Crippen molar-refractivity contribution in [3.8, 4) is 6.07 Å². The highest BCUT2D eigenvalue weighted by atomic mass is 32.2. The van der Waals surface area contributed by atoms with Gasteiger partial charge in [-0.2, -0.15) is 5.26 Å². The maximum atomic E-state index is 9.14. The van der Waals surface area contributed by atoms with Crippen molar-refractivity contribution >= 4 is 23.3 Å². The highest BCUT2D eigenvalue weighted by Gasteiger charge is 2.17. The van der Waals surface area contributed by atoms with Gasteiger partial charge < -0.3 is 5.73 Å². The molecule has 0 aliphatic rings. The van der Waals surface area contributed by atoms with E-state index in [4.69, 9.17) is 11.0 Å². The molecule has 2 aromatic heterocycles. The number of aryl methyl sites for hydroxylation is 1. The zero-order valence-electron chi connectivity index (χ0n) is 10.5. The SMILES string of the molecule is Cc1ccc(C#N)c(SC(CCN)c2ccns2)n1. The summed E-state index contributed by atoms with van der Waals surface area (Å²) in [4.78, 5) is 5.63. The molecule has 0 aromatic carbocycles. The number of aromatic nitrogens is 2. The van der Waals surface area contributed by atoms with Crippen LogP contribution in [0.15, 0.2) is 29.4 Å². The summed E-state index contributed by atoms with van der Waals surface area (Å²) in [6, 6.07) is 7.86. The minimum atomic E-state index is 0.207. The zero-order valence-corrected chi connectivity index (χ0v) is 12.2. The second kappa shape index (κ2) is 6.66. The molecule has 4 nitrogen and oxygen atoms in total. The van der Waals surface area contributed by atoms with E-state index in [1.165, 1.54) is 16.4 Å². The molecule has 98 valence electrons. The van der Waals surface area contributed by atoms with Crippen LogP contribution in [0.2, 0.25) is 0 Å². The van der Waals surface area contributed by atoms with E-state index in [-0.39, 0.29) is 5.25 Å². The monoisotopic (exact) mass is 290 g/mol. The fourth-order valence-corrected chi connectivity index (χ4v) is 3.67. The van der Waals surface area contributed by atoms with Crippen LogP contribution in [0, 0.1) is 18.3 Å². The molecule has 0 amide bonds. The van der Waals surface area contributed by atoms with Crippen molar-refractivity contribution in [2.24, 2.45) is 5.73 Å². The van der Waals surface area contributed by atoms with E-state index in [1.807, 2.05) is 25.1 Å². The third kappa shape index (κ3) is 3.53. The first-order valence-electron chi connectivity index (χ1n) is 5.89. The number of thioether (sulfide) groups is 1. The van der Waals surface area contributed by atoms with Crippen LogP contribution >= 0.6 is 23.3 Å². The van der Waals surface area contributed by atoms with Gasteiger partial charge in [-0.15, -0.1) is 0 Å². The second-order valence-electron chi connectivity index (χ2n) is 4.02. The summed E-state index contributed by atoms with van der Waals surface area (Å²) in [7, 11) is 0. The molecule has 2 rings (SSSR count). The lowest BCUT2D eigenvalue weighted by atomic mass is 10.2. The minimum absolute atomic E-state index is 0.207. The van der Waals surface area contributed by atoms with E-state index in [1.54, 1.807) is 18.0 Å². The van der Waals surface area contributed by atoms with Gasteiger partial charge in [0.15, 0.2) is 0 Å². The van der Waals surface area contributed by atoms with Crippen LogP contribution in [0.4, 0.5) is 0 Å². The highest BCUT2D eigenvalue weighted by Crippen LogP contribution is 2.39. The first kappa shape index (κ1) is 14.0. The quantitative estimate of drug-likeness (QED) is 0.857. The molecule has 0 fully saturated rings. The van der Waals surface area contributed by atoms with Crippen molar-refractivity contribution in [1.82, 2.24) is 9.36 Å². The van der Waals surface area contributed by atoms with E-state index in [2.05, 4.69) is 15.4 Å². The number of hydrogen-bond acceptors (Lipinski definition) is 6. The van der Waals surface area contributed by atoms with Crippen molar-refractivity contribution in [2.75, 3.05) is 6.54 Å². The Kier molecular flexibility index (Phi) is 4.91. The normalized spacial score (nSPS) is 12.1. The number of hydrogen-bond donors (Lipinski definition) is 1. The molecule has 0 spiro atoms. The Morgan fingerprint density at radius 3 is 2.95 bits per heavy atom. The number of pyridine rings is 1. The Bertz CT molecular complexity index is 575. The van der Waals surface area contributed by atoms with Crippen molar-refractivity contribution in [1.29, 1.82) is 5.26 Å². The average Bonchev–Trinajstić information content (AvgIpc) is 2.92.